The molecule has 0 aliphatic heterocycles. The standard InChI is InChI=1S/C6H4NO2.Hg/c8-7(9)6-4-2-1-3-5-6;/h1-4H;. The zero-order valence-corrected chi connectivity index (χ0v) is 10.8. The molecule has 0 amide bonds. The van der Waals surface area contributed by atoms with Gasteiger partial charge in [-0.15, -0.1) is 0 Å². The van der Waals surface area contributed by atoms with E-state index in [-0.39, 0.29) is 10.6 Å². The first-order valence-corrected chi connectivity index (χ1v) is 5.52. The van der Waals surface area contributed by atoms with Crippen molar-refractivity contribution in [3.63, 3.8) is 0 Å². The third-order valence-corrected chi connectivity index (χ3v) is 3.51. The van der Waals surface area contributed by atoms with Crippen LogP contribution in [0.2, 0.25) is 0 Å². The number of nitro benzene ring substituents is 1. The Morgan fingerprint density at radius 1 is 1.40 bits per heavy atom. The van der Waals surface area contributed by atoms with Crippen molar-refractivity contribution in [2.45, 2.75) is 0 Å². The average molecular weight is 323 g/mol. The predicted octanol–water partition coefficient (Wildman–Crippen LogP) is 0.767. The summed E-state index contributed by atoms with van der Waals surface area (Å²) in [6.45, 7) is 0. The monoisotopic (exact) mass is 324 g/mol. The van der Waals surface area contributed by atoms with Gasteiger partial charge in [-0.05, 0) is 0 Å². The molecule has 0 spiro atoms. The van der Waals surface area contributed by atoms with Crippen molar-refractivity contribution in [2.24, 2.45) is 0 Å². The second-order valence-corrected chi connectivity index (χ2v) is 4.85. The molecule has 3 nitrogen and oxygen atoms in total. The molecule has 10 heavy (non-hydrogen) atoms. The summed E-state index contributed by atoms with van der Waals surface area (Å²) in [6, 6.07) is 6.87. The molecule has 4 heteroatoms. The first-order chi connectivity index (χ1) is 4.72. The molecular formula is C6H4HgNO2. The minimum absolute atomic E-state index is 0.269. The van der Waals surface area contributed by atoms with E-state index in [1.807, 2.05) is 6.07 Å². The molecule has 1 aromatic carbocycles. The van der Waals surface area contributed by atoms with Gasteiger partial charge < -0.3 is 0 Å². The molecule has 0 radical (unpaired) electrons. The Morgan fingerprint density at radius 3 is 2.40 bits per heavy atom. The number of hydrogen-bond acceptors (Lipinski definition) is 2. The van der Waals surface area contributed by atoms with E-state index in [0.717, 1.165) is 3.07 Å². The second-order valence-electron chi connectivity index (χ2n) is 1.89. The first-order valence-electron chi connectivity index (χ1n) is 2.77. The van der Waals surface area contributed by atoms with E-state index in [0.29, 0.717) is 26.1 Å². The Bertz CT molecular complexity index is 262. The normalized spacial score (nSPS) is 9.40. The van der Waals surface area contributed by atoms with Gasteiger partial charge in [0.15, 0.2) is 0 Å². The Hall–Kier alpha value is -0.445. The maximum atomic E-state index is 10.3. The maximum absolute atomic E-state index is 10.3. The summed E-state index contributed by atoms with van der Waals surface area (Å²) in [6.07, 6.45) is 0. The van der Waals surface area contributed by atoms with E-state index >= 15 is 0 Å². The van der Waals surface area contributed by atoms with Crippen LogP contribution in [0.4, 0.5) is 5.69 Å². The number of rotatable bonds is 1. The molecule has 0 saturated carbocycles. The summed E-state index contributed by atoms with van der Waals surface area (Å²) in [5.74, 6) is 0. The topological polar surface area (TPSA) is 43.1 Å². The zero-order valence-electron chi connectivity index (χ0n) is 5.28. The number of nitrogens with zero attached hydrogens (tertiary/aromatic N) is 1. The van der Waals surface area contributed by atoms with Gasteiger partial charge >= 0.3 is 74.2 Å². The van der Waals surface area contributed by atoms with Crippen LogP contribution < -0.4 is 3.07 Å². The van der Waals surface area contributed by atoms with Crippen LogP contribution in [0.15, 0.2) is 24.3 Å². The van der Waals surface area contributed by atoms with Crippen molar-refractivity contribution in [1.82, 2.24) is 0 Å². The first kappa shape index (κ1) is 7.66. The van der Waals surface area contributed by atoms with Gasteiger partial charge in [-0.25, -0.2) is 0 Å². The molecule has 0 unspecified atom stereocenters. The molecule has 1 aromatic rings. The molecule has 0 saturated heterocycles. The summed E-state index contributed by atoms with van der Waals surface area (Å²) in [4.78, 5) is 9.93. The van der Waals surface area contributed by atoms with E-state index in [4.69, 9.17) is 0 Å². The fourth-order valence-electron chi connectivity index (χ4n) is 0.689. The number of para-hydroxylation sites is 1. The molecule has 0 fully saturated rings. The summed E-state index contributed by atoms with van der Waals surface area (Å²) in [5, 5.41) is 10.3. The van der Waals surface area contributed by atoms with Crippen molar-refractivity contribution in [3.05, 3.63) is 34.4 Å². The van der Waals surface area contributed by atoms with E-state index in [1.54, 1.807) is 18.2 Å². The van der Waals surface area contributed by atoms with Crippen LogP contribution in [0, 0.1) is 10.1 Å². The molecule has 0 aromatic heterocycles. The SMILES string of the molecule is O=[N+]([O-])c1cccc[c]1[Hg]. The van der Waals surface area contributed by atoms with Gasteiger partial charge in [0, 0.05) is 0 Å². The van der Waals surface area contributed by atoms with Crippen molar-refractivity contribution in [3.8, 4) is 0 Å². The van der Waals surface area contributed by atoms with E-state index in [9.17, 15) is 10.1 Å². The minimum atomic E-state index is -0.331. The van der Waals surface area contributed by atoms with Gasteiger partial charge in [-0.2, -0.15) is 0 Å². The van der Waals surface area contributed by atoms with Crippen LogP contribution in [0.1, 0.15) is 0 Å². The Labute approximate surface area is 74.2 Å². The zero-order chi connectivity index (χ0) is 7.56. The molecule has 47 valence electrons. The van der Waals surface area contributed by atoms with Gasteiger partial charge in [0.2, 0.25) is 0 Å². The number of benzene rings is 1. The van der Waals surface area contributed by atoms with E-state index in [1.165, 1.54) is 0 Å². The molecule has 0 atom stereocenters. The molecule has 0 bridgehead atoms. The summed E-state index contributed by atoms with van der Waals surface area (Å²) >= 11 is 0.336. The van der Waals surface area contributed by atoms with Crippen LogP contribution in [0.25, 0.3) is 0 Å². The van der Waals surface area contributed by atoms with Gasteiger partial charge in [-0.1, -0.05) is 0 Å². The van der Waals surface area contributed by atoms with Crippen molar-refractivity contribution < 1.29 is 31.0 Å². The molecule has 0 aliphatic rings. The number of nitro groups is 1. The van der Waals surface area contributed by atoms with Gasteiger partial charge in [-0.3, -0.25) is 0 Å². The van der Waals surface area contributed by atoms with Crippen LogP contribution in [0.5, 0.6) is 0 Å². The van der Waals surface area contributed by atoms with Gasteiger partial charge in [0.05, 0.1) is 0 Å². The predicted molar refractivity (Wildman–Crippen MR) is 32.7 cm³/mol. The number of hydrogen-bond donors (Lipinski definition) is 0. The van der Waals surface area contributed by atoms with Crippen molar-refractivity contribution in [1.29, 1.82) is 0 Å². The Balaban J connectivity index is 3.15. The quantitative estimate of drug-likeness (QED) is 0.435. The second kappa shape index (κ2) is 3.10. The van der Waals surface area contributed by atoms with Crippen LogP contribution >= 0.6 is 0 Å². The third kappa shape index (κ3) is 1.53. The Morgan fingerprint density at radius 2 is 2.00 bits per heavy atom. The van der Waals surface area contributed by atoms with Crippen LogP contribution in [-0.2, 0) is 26.1 Å². The third-order valence-electron chi connectivity index (χ3n) is 1.19. The van der Waals surface area contributed by atoms with E-state index < -0.39 is 0 Å². The van der Waals surface area contributed by atoms with Crippen LogP contribution in [-0.4, -0.2) is 4.92 Å². The molecular weight excluding hydrogens is 319 g/mol. The van der Waals surface area contributed by atoms with Crippen LogP contribution in [0.3, 0.4) is 0 Å². The van der Waals surface area contributed by atoms with Gasteiger partial charge in [0.25, 0.3) is 0 Å². The van der Waals surface area contributed by atoms with Crippen molar-refractivity contribution in [2.75, 3.05) is 0 Å². The summed E-state index contributed by atoms with van der Waals surface area (Å²) in [5.41, 5.74) is 0.269. The molecule has 0 heterocycles. The molecule has 0 N–H and O–H groups in total. The average Bonchev–Trinajstić information content (AvgIpc) is 1.88. The molecule has 0 aliphatic carbocycles. The van der Waals surface area contributed by atoms with Crippen molar-refractivity contribution >= 4 is 8.76 Å². The van der Waals surface area contributed by atoms with E-state index in [2.05, 4.69) is 0 Å². The Kier molecular flexibility index (Phi) is 2.37. The molecule has 1 rings (SSSR count). The fourth-order valence-corrected chi connectivity index (χ4v) is 2.18. The van der Waals surface area contributed by atoms with Gasteiger partial charge in [0.1, 0.15) is 0 Å². The summed E-state index contributed by atoms with van der Waals surface area (Å²) in [7, 11) is 0. The summed E-state index contributed by atoms with van der Waals surface area (Å²) < 4.78 is 0.896. The fraction of sp³-hybridized carbons (Fsp3) is 0.